The molecule has 1 aliphatic rings. The van der Waals surface area contributed by atoms with Gasteiger partial charge in [0.05, 0.1) is 23.4 Å². The Hall–Kier alpha value is -2.93. The van der Waals surface area contributed by atoms with Gasteiger partial charge in [-0.1, -0.05) is 18.2 Å². The first-order valence-corrected chi connectivity index (χ1v) is 8.71. The summed E-state index contributed by atoms with van der Waals surface area (Å²) in [5.74, 6) is 0.481. The number of anilines is 1. The Morgan fingerprint density at radius 2 is 2.19 bits per heavy atom. The summed E-state index contributed by atoms with van der Waals surface area (Å²) in [5.41, 5.74) is 2.07. The number of aliphatic hydroxyl groups is 1. The second-order valence-corrected chi connectivity index (χ2v) is 6.66. The van der Waals surface area contributed by atoms with Gasteiger partial charge >= 0.3 is 0 Å². The van der Waals surface area contributed by atoms with E-state index in [2.05, 4.69) is 20.7 Å². The molecule has 1 fully saturated rings. The zero-order valence-corrected chi connectivity index (χ0v) is 14.5. The molecule has 0 spiro atoms. The van der Waals surface area contributed by atoms with Crippen molar-refractivity contribution in [2.75, 3.05) is 11.9 Å². The summed E-state index contributed by atoms with van der Waals surface area (Å²) in [6.45, 7) is 0.278. The lowest BCUT2D eigenvalue weighted by Gasteiger charge is -2.13. The second-order valence-electron chi connectivity index (χ2n) is 6.66. The van der Waals surface area contributed by atoms with Crippen LogP contribution in [0.2, 0.25) is 0 Å². The van der Waals surface area contributed by atoms with Crippen LogP contribution in [0.15, 0.2) is 42.7 Å². The van der Waals surface area contributed by atoms with E-state index in [0.717, 1.165) is 29.3 Å². The molecule has 7 heteroatoms. The molecule has 26 heavy (non-hydrogen) atoms. The molecule has 1 atom stereocenters. The predicted octanol–water partition coefficient (Wildman–Crippen LogP) is 2.01. The maximum atomic E-state index is 12.6. The molecule has 0 bridgehead atoms. The SMILES string of the molecule is Cn1cc(C(O)CNc2cc(C(=O)NC3CC3)c3ccccc3n2)cn1. The van der Waals surface area contributed by atoms with Gasteiger partial charge < -0.3 is 15.7 Å². The summed E-state index contributed by atoms with van der Waals surface area (Å²) < 4.78 is 1.65. The van der Waals surface area contributed by atoms with E-state index in [9.17, 15) is 9.90 Å². The van der Waals surface area contributed by atoms with E-state index in [-0.39, 0.29) is 12.5 Å². The molecule has 0 saturated heterocycles. The number of aryl methyl sites for hydroxylation is 1. The highest BCUT2D eigenvalue weighted by Crippen LogP contribution is 2.24. The molecule has 1 unspecified atom stereocenters. The lowest BCUT2D eigenvalue weighted by atomic mass is 10.1. The van der Waals surface area contributed by atoms with Gasteiger partial charge in [0, 0.05) is 36.8 Å². The van der Waals surface area contributed by atoms with E-state index >= 15 is 0 Å². The fraction of sp³-hybridized carbons (Fsp3) is 0.316. The Balaban J connectivity index is 1.57. The Bertz CT molecular complexity index is 948. The minimum Gasteiger partial charge on any atom is -0.386 e. The number of para-hydroxylation sites is 1. The van der Waals surface area contributed by atoms with Crippen LogP contribution in [0, 0.1) is 0 Å². The molecule has 1 aliphatic carbocycles. The predicted molar refractivity (Wildman–Crippen MR) is 98.9 cm³/mol. The topological polar surface area (TPSA) is 92.1 Å². The third kappa shape index (κ3) is 3.52. The smallest absolute Gasteiger partial charge is 0.252 e. The van der Waals surface area contributed by atoms with E-state index in [1.54, 1.807) is 30.2 Å². The van der Waals surface area contributed by atoms with Gasteiger partial charge in [-0.25, -0.2) is 4.98 Å². The van der Waals surface area contributed by atoms with Gasteiger partial charge in [0.1, 0.15) is 5.82 Å². The number of benzene rings is 1. The van der Waals surface area contributed by atoms with Crippen molar-refractivity contribution in [3.8, 4) is 0 Å². The van der Waals surface area contributed by atoms with Crippen molar-refractivity contribution in [2.45, 2.75) is 25.0 Å². The van der Waals surface area contributed by atoms with Crippen molar-refractivity contribution < 1.29 is 9.90 Å². The van der Waals surface area contributed by atoms with Crippen LogP contribution < -0.4 is 10.6 Å². The summed E-state index contributed by atoms with van der Waals surface area (Å²) in [6.07, 6.45) is 4.78. The lowest BCUT2D eigenvalue weighted by molar-refractivity contribution is 0.0952. The highest BCUT2D eigenvalue weighted by atomic mass is 16.3. The number of carbonyl (C=O) groups is 1. The number of rotatable bonds is 6. The van der Waals surface area contributed by atoms with Crippen molar-refractivity contribution in [3.63, 3.8) is 0 Å². The summed E-state index contributed by atoms with van der Waals surface area (Å²) in [4.78, 5) is 17.2. The summed E-state index contributed by atoms with van der Waals surface area (Å²) >= 11 is 0. The number of aliphatic hydroxyl groups excluding tert-OH is 1. The molecule has 7 nitrogen and oxygen atoms in total. The number of nitrogens with zero attached hydrogens (tertiary/aromatic N) is 3. The zero-order chi connectivity index (χ0) is 18.1. The maximum Gasteiger partial charge on any atom is 0.252 e. The van der Waals surface area contributed by atoms with Gasteiger partial charge in [0.2, 0.25) is 0 Å². The van der Waals surface area contributed by atoms with Crippen molar-refractivity contribution in [1.82, 2.24) is 20.1 Å². The third-order valence-corrected chi connectivity index (χ3v) is 4.46. The van der Waals surface area contributed by atoms with Crippen molar-refractivity contribution in [2.24, 2.45) is 7.05 Å². The average Bonchev–Trinajstić information content (AvgIpc) is 3.35. The van der Waals surface area contributed by atoms with Gasteiger partial charge in [0.25, 0.3) is 5.91 Å². The molecule has 3 N–H and O–H groups in total. The summed E-state index contributed by atoms with van der Waals surface area (Å²) in [7, 11) is 1.80. The molecular weight excluding hydrogens is 330 g/mol. The second kappa shape index (κ2) is 6.76. The van der Waals surface area contributed by atoms with Crippen molar-refractivity contribution in [1.29, 1.82) is 0 Å². The Morgan fingerprint density at radius 1 is 1.38 bits per heavy atom. The lowest BCUT2D eigenvalue weighted by Crippen LogP contribution is -2.26. The summed E-state index contributed by atoms with van der Waals surface area (Å²) in [5, 5.41) is 21.3. The number of carbonyl (C=O) groups excluding carboxylic acids is 1. The van der Waals surface area contributed by atoms with Crippen LogP contribution in [-0.4, -0.2) is 38.4 Å². The zero-order valence-electron chi connectivity index (χ0n) is 14.5. The van der Waals surface area contributed by atoms with Crippen LogP contribution in [0.1, 0.15) is 34.9 Å². The summed E-state index contributed by atoms with van der Waals surface area (Å²) in [6, 6.07) is 9.61. The number of hydrogen-bond acceptors (Lipinski definition) is 5. The number of aromatic nitrogens is 3. The molecule has 1 aromatic carbocycles. The van der Waals surface area contributed by atoms with Crippen LogP contribution >= 0.6 is 0 Å². The van der Waals surface area contributed by atoms with Crippen molar-refractivity contribution in [3.05, 3.63) is 53.9 Å². The quantitative estimate of drug-likeness (QED) is 0.632. The largest absolute Gasteiger partial charge is 0.386 e. The molecule has 1 saturated carbocycles. The van der Waals surface area contributed by atoms with E-state index in [1.165, 1.54) is 0 Å². The average molecular weight is 351 g/mol. The number of pyridine rings is 1. The fourth-order valence-corrected chi connectivity index (χ4v) is 2.88. The highest BCUT2D eigenvalue weighted by Gasteiger charge is 2.25. The van der Waals surface area contributed by atoms with Gasteiger partial charge in [-0.05, 0) is 25.0 Å². The number of nitrogens with one attached hydrogen (secondary N) is 2. The monoisotopic (exact) mass is 351 g/mol. The molecule has 2 heterocycles. The van der Waals surface area contributed by atoms with E-state index in [1.807, 2.05) is 24.3 Å². The highest BCUT2D eigenvalue weighted by molar-refractivity contribution is 6.07. The molecule has 1 amide bonds. The van der Waals surface area contributed by atoms with Crippen LogP contribution in [0.5, 0.6) is 0 Å². The molecular formula is C19H21N5O2. The fourth-order valence-electron chi connectivity index (χ4n) is 2.88. The number of hydrogen-bond donors (Lipinski definition) is 3. The Kier molecular flexibility index (Phi) is 4.30. The van der Waals surface area contributed by atoms with Crippen LogP contribution in [0.3, 0.4) is 0 Å². The van der Waals surface area contributed by atoms with Gasteiger partial charge in [-0.2, -0.15) is 5.10 Å². The van der Waals surface area contributed by atoms with E-state index < -0.39 is 6.10 Å². The Labute approximate surface area is 151 Å². The first-order valence-electron chi connectivity index (χ1n) is 8.71. The number of amides is 1. The van der Waals surface area contributed by atoms with E-state index in [4.69, 9.17) is 0 Å². The minimum atomic E-state index is -0.708. The third-order valence-electron chi connectivity index (χ3n) is 4.46. The van der Waals surface area contributed by atoms with Gasteiger partial charge in [-0.3, -0.25) is 9.48 Å². The van der Waals surface area contributed by atoms with Gasteiger partial charge in [-0.15, -0.1) is 0 Å². The van der Waals surface area contributed by atoms with Crippen LogP contribution in [0.4, 0.5) is 5.82 Å². The van der Waals surface area contributed by atoms with Gasteiger partial charge in [0.15, 0.2) is 0 Å². The Morgan fingerprint density at radius 3 is 2.92 bits per heavy atom. The molecule has 0 aliphatic heterocycles. The molecule has 134 valence electrons. The maximum absolute atomic E-state index is 12.6. The molecule has 3 aromatic rings. The molecule has 2 aromatic heterocycles. The normalized spacial score (nSPS) is 15.0. The van der Waals surface area contributed by atoms with E-state index in [0.29, 0.717) is 17.4 Å². The molecule has 4 rings (SSSR count). The van der Waals surface area contributed by atoms with Crippen molar-refractivity contribution >= 4 is 22.6 Å². The van der Waals surface area contributed by atoms with Crippen LogP contribution in [0.25, 0.3) is 10.9 Å². The number of fused-ring (bicyclic) bond motifs is 1. The molecule has 0 radical (unpaired) electrons. The van der Waals surface area contributed by atoms with Crippen LogP contribution in [-0.2, 0) is 7.05 Å². The minimum absolute atomic E-state index is 0.0815. The standard InChI is InChI=1S/C19H21N5O2/c1-24-11-12(9-21-24)17(25)10-20-18-8-15(19(26)22-13-6-7-13)14-4-2-3-5-16(14)23-18/h2-5,8-9,11,13,17,25H,6-7,10H2,1H3,(H,20,23)(H,22,26). The first kappa shape index (κ1) is 16.5. The first-order chi connectivity index (χ1) is 12.6.